The minimum atomic E-state index is -5.08. The number of carboxylic acids is 2. The van der Waals surface area contributed by atoms with E-state index in [1.54, 1.807) is 0 Å². The Morgan fingerprint density at radius 2 is 1.82 bits per heavy atom. The van der Waals surface area contributed by atoms with Crippen LogP contribution < -0.4 is 0 Å². The fourth-order valence-corrected chi connectivity index (χ4v) is 1.48. The number of nitrogens with zero attached hydrogens (tertiary/aromatic N) is 1. The van der Waals surface area contributed by atoms with Gasteiger partial charge >= 0.3 is 18.1 Å². The molecule has 5 nitrogen and oxygen atoms in total. The molecule has 0 unspecified atom stereocenters. The molecule has 1 rings (SSSR count). The SMILES string of the molecule is CCN1CCC[C@H]1C(=O)O.O=C(O)C(F)(F)F. The third kappa shape index (κ3) is 5.53. The third-order valence-electron chi connectivity index (χ3n) is 2.30. The van der Waals surface area contributed by atoms with Gasteiger partial charge in [0.15, 0.2) is 0 Å². The maximum atomic E-state index is 10.6. The molecule has 100 valence electrons. The highest BCUT2D eigenvalue weighted by molar-refractivity contribution is 5.73. The number of carbonyl (C=O) groups is 2. The Hall–Kier alpha value is -1.31. The molecule has 1 aliphatic heterocycles. The van der Waals surface area contributed by atoms with Crippen LogP contribution in [0.5, 0.6) is 0 Å². The van der Waals surface area contributed by atoms with Gasteiger partial charge < -0.3 is 10.2 Å². The highest BCUT2D eigenvalue weighted by Gasteiger charge is 2.38. The molecule has 0 amide bonds. The van der Waals surface area contributed by atoms with Crippen LogP contribution in [0.4, 0.5) is 13.2 Å². The number of halogens is 3. The first-order valence-electron chi connectivity index (χ1n) is 4.97. The fraction of sp³-hybridized carbons (Fsp3) is 0.778. The topological polar surface area (TPSA) is 77.8 Å². The average molecular weight is 257 g/mol. The van der Waals surface area contributed by atoms with E-state index in [0.29, 0.717) is 0 Å². The number of likely N-dealkylation sites (N-methyl/N-ethyl adjacent to an activating group) is 1. The van der Waals surface area contributed by atoms with Crippen LogP contribution in [0.15, 0.2) is 0 Å². The minimum absolute atomic E-state index is 0.204. The molecule has 0 spiro atoms. The second-order valence-electron chi connectivity index (χ2n) is 3.43. The van der Waals surface area contributed by atoms with Crippen molar-refractivity contribution in [3.8, 4) is 0 Å². The molecular formula is C9H14F3NO4. The molecule has 8 heteroatoms. The Balaban J connectivity index is 0.000000325. The number of aliphatic carboxylic acids is 2. The van der Waals surface area contributed by atoms with Gasteiger partial charge in [-0.3, -0.25) is 9.69 Å². The molecule has 1 aliphatic rings. The summed E-state index contributed by atoms with van der Waals surface area (Å²) in [5.74, 6) is -3.42. The summed E-state index contributed by atoms with van der Waals surface area (Å²) in [5, 5.41) is 15.8. The molecule has 1 fully saturated rings. The molecule has 0 aliphatic carbocycles. The summed E-state index contributed by atoms with van der Waals surface area (Å²) >= 11 is 0. The average Bonchev–Trinajstić information content (AvgIpc) is 2.64. The van der Waals surface area contributed by atoms with Gasteiger partial charge in [0.05, 0.1) is 0 Å². The van der Waals surface area contributed by atoms with E-state index in [2.05, 4.69) is 0 Å². The summed E-state index contributed by atoms with van der Waals surface area (Å²) in [6.45, 7) is 3.81. The summed E-state index contributed by atoms with van der Waals surface area (Å²) in [6, 6.07) is -0.204. The van der Waals surface area contributed by atoms with Crippen molar-refractivity contribution in [2.45, 2.75) is 32.0 Å². The van der Waals surface area contributed by atoms with Crippen LogP contribution in [0.3, 0.4) is 0 Å². The van der Waals surface area contributed by atoms with Gasteiger partial charge in [0.1, 0.15) is 6.04 Å². The fourth-order valence-electron chi connectivity index (χ4n) is 1.48. The standard InChI is InChI=1S/C7H13NO2.C2HF3O2/c1-2-8-5-3-4-6(8)7(9)10;3-2(4,5)1(6)7/h6H,2-5H2,1H3,(H,9,10);(H,6,7)/t6-;/m0./s1. The summed E-state index contributed by atoms with van der Waals surface area (Å²) in [7, 11) is 0. The lowest BCUT2D eigenvalue weighted by molar-refractivity contribution is -0.192. The predicted molar refractivity (Wildman–Crippen MR) is 51.6 cm³/mol. The van der Waals surface area contributed by atoms with Gasteiger partial charge in [-0.05, 0) is 25.9 Å². The van der Waals surface area contributed by atoms with Gasteiger partial charge in [-0.25, -0.2) is 4.79 Å². The van der Waals surface area contributed by atoms with Crippen molar-refractivity contribution >= 4 is 11.9 Å². The first-order valence-corrected chi connectivity index (χ1v) is 4.97. The second kappa shape index (κ2) is 6.43. The van der Waals surface area contributed by atoms with Crippen molar-refractivity contribution in [1.82, 2.24) is 4.90 Å². The van der Waals surface area contributed by atoms with E-state index in [1.165, 1.54) is 0 Å². The van der Waals surface area contributed by atoms with E-state index >= 15 is 0 Å². The molecule has 1 heterocycles. The van der Waals surface area contributed by atoms with E-state index in [1.807, 2.05) is 11.8 Å². The van der Waals surface area contributed by atoms with Crippen molar-refractivity contribution in [3.05, 3.63) is 0 Å². The molecule has 1 atom stereocenters. The number of carboxylic acid groups (broad SMARTS) is 2. The summed E-state index contributed by atoms with van der Waals surface area (Å²) < 4.78 is 31.7. The molecule has 0 saturated carbocycles. The third-order valence-corrected chi connectivity index (χ3v) is 2.30. The lowest BCUT2D eigenvalue weighted by atomic mass is 10.2. The van der Waals surface area contributed by atoms with Crippen LogP contribution in [0.1, 0.15) is 19.8 Å². The minimum Gasteiger partial charge on any atom is -0.480 e. The van der Waals surface area contributed by atoms with Crippen LogP contribution in [0.25, 0.3) is 0 Å². The van der Waals surface area contributed by atoms with Gasteiger partial charge in [0.25, 0.3) is 0 Å². The Labute approximate surface area is 95.8 Å². The Bertz CT molecular complexity index is 280. The Morgan fingerprint density at radius 3 is 2.06 bits per heavy atom. The lowest BCUT2D eigenvalue weighted by Crippen LogP contribution is -2.35. The maximum Gasteiger partial charge on any atom is 0.490 e. The van der Waals surface area contributed by atoms with E-state index in [9.17, 15) is 18.0 Å². The molecule has 0 aromatic heterocycles. The number of hydrogen-bond acceptors (Lipinski definition) is 3. The zero-order valence-corrected chi connectivity index (χ0v) is 9.20. The Morgan fingerprint density at radius 1 is 1.35 bits per heavy atom. The number of alkyl halides is 3. The van der Waals surface area contributed by atoms with E-state index < -0.39 is 18.1 Å². The van der Waals surface area contributed by atoms with Gasteiger partial charge in [-0.2, -0.15) is 13.2 Å². The van der Waals surface area contributed by atoms with Gasteiger partial charge in [-0.15, -0.1) is 0 Å². The first kappa shape index (κ1) is 15.7. The van der Waals surface area contributed by atoms with Gasteiger partial charge in [0.2, 0.25) is 0 Å². The normalized spacial score (nSPS) is 20.6. The van der Waals surface area contributed by atoms with Crippen LogP contribution >= 0.6 is 0 Å². The molecule has 0 aromatic carbocycles. The number of rotatable bonds is 2. The van der Waals surface area contributed by atoms with E-state index in [4.69, 9.17) is 15.0 Å². The predicted octanol–water partition coefficient (Wildman–Crippen LogP) is 1.19. The van der Waals surface area contributed by atoms with Crippen LogP contribution in [0.2, 0.25) is 0 Å². The monoisotopic (exact) mass is 257 g/mol. The second-order valence-corrected chi connectivity index (χ2v) is 3.43. The quantitative estimate of drug-likeness (QED) is 0.776. The smallest absolute Gasteiger partial charge is 0.480 e. The zero-order chi connectivity index (χ0) is 13.6. The molecule has 0 aromatic rings. The summed E-state index contributed by atoms with van der Waals surface area (Å²) in [5.41, 5.74) is 0. The van der Waals surface area contributed by atoms with Crippen molar-refractivity contribution in [3.63, 3.8) is 0 Å². The van der Waals surface area contributed by atoms with Crippen LogP contribution in [-0.4, -0.2) is 52.4 Å². The molecule has 17 heavy (non-hydrogen) atoms. The first-order chi connectivity index (χ1) is 7.70. The highest BCUT2D eigenvalue weighted by atomic mass is 19.4. The highest BCUT2D eigenvalue weighted by Crippen LogP contribution is 2.16. The zero-order valence-electron chi connectivity index (χ0n) is 9.20. The van der Waals surface area contributed by atoms with Crippen LogP contribution in [0, 0.1) is 0 Å². The molecule has 1 saturated heterocycles. The van der Waals surface area contributed by atoms with E-state index in [0.717, 1.165) is 25.9 Å². The summed E-state index contributed by atoms with van der Waals surface area (Å²) in [4.78, 5) is 21.4. The lowest BCUT2D eigenvalue weighted by Gasteiger charge is -2.17. The maximum absolute atomic E-state index is 10.6. The van der Waals surface area contributed by atoms with Crippen molar-refractivity contribution in [2.75, 3.05) is 13.1 Å². The summed E-state index contributed by atoms with van der Waals surface area (Å²) in [6.07, 6.45) is -3.23. The number of hydrogen-bond donors (Lipinski definition) is 2. The Kier molecular flexibility index (Phi) is 5.94. The molecule has 0 radical (unpaired) electrons. The number of likely N-dealkylation sites (tertiary alicyclic amines) is 1. The van der Waals surface area contributed by atoms with Crippen LogP contribution in [-0.2, 0) is 9.59 Å². The molecule has 0 bridgehead atoms. The van der Waals surface area contributed by atoms with Gasteiger partial charge in [0, 0.05) is 0 Å². The largest absolute Gasteiger partial charge is 0.490 e. The van der Waals surface area contributed by atoms with Crippen molar-refractivity contribution in [1.29, 1.82) is 0 Å². The van der Waals surface area contributed by atoms with Gasteiger partial charge in [-0.1, -0.05) is 6.92 Å². The molecular weight excluding hydrogens is 243 g/mol. The van der Waals surface area contributed by atoms with E-state index in [-0.39, 0.29) is 6.04 Å². The van der Waals surface area contributed by atoms with Crippen molar-refractivity contribution < 1.29 is 33.0 Å². The van der Waals surface area contributed by atoms with Crippen molar-refractivity contribution in [2.24, 2.45) is 0 Å². The molecule has 2 N–H and O–H groups in total.